The lowest BCUT2D eigenvalue weighted by molar-refractivity contribution is -0.123. The number of aromatic nitrogens is 2. The van der Waals surface area contributed by atoms with Crippen LogP contribution in [0.4, 0.5) is 0 Å². The quantitative estimate of drug-likeness (QED) is 0.802. The van der Waals surface area contributed by atoms with Crippen molar-refractivity contribution in [3.05, 3.63) is 35.7 Å². The fourth-order valence-electron chi connectivity index (χ4n) is 3.19. The lowest BCUT2D eigenvalue weighted by Gasteiger charge is -2.33. The van der Waals surface area contributed by atoms with Crippen LogP contribution in [0.15, 0.2) is 28.8 Å². The van der Waals surface area contributed by atoms with Crippen LogP contribution < -0.4 is 5.32 Å². The van der Waals surface area contributed by atoms with Crippen LogP contribution in [0.3, 0.4) is 0 Å². The average molecular weight is 371 g/mol. The smallest absolute Gasteiger partial charge is 0.241 e. The predicted octanol–water partition coefficient (Wildman–Crippen LogP) is 1.94. The van der Waals surface area contributed by atoms with E-state index in [-0.39, 0.29) is 11.9 Å². The van der Waals surface area contributed by atoms with Gasteiger partial charge in [-0.05, 0) is 25.8 Å². The first-order valence-electron chi connectivity index (χ1n) is 9.69. The summed E-state index contributed by atoms with van der Waals surface area (Å²) in [5.41, 5.74) is 2.27. The molecule has 3 rings (SSSR count). The van der Waals surface area contributed by atoms with Gasteiger partial charge in [-0.2, -0.15) is 4.98 Å². The molecule has 1 fully saturated rings. The fourth-order valence-corrected chi connectivity index (χ4v) is 3.19. The zero-order valence-electron chi connectivity index (χ0n) is 16.4. The summed E-state index contributed by atoms with van der Waals surface area (Å²) in [6.07, 6.45) is 1.02. The first-order valence-corrected chi connectivity index (χ1v) is 9.69. The van der Waals surface area contributed by atoms with E-state index in [9.17, 15) is 4.79 Å². The molecule has 0 unspecified atom stereocenters. The highest BCUT2D eigenvalue weighted by atomic mass is 16.5. The molecule has 1 aromatic heterocycles. The van der Waals surface area contributed by atoms with Crippen LogP contribution >= 0.6 is 0 Å². The van der Waals surface area contributed by atoms with Crippen molar-refractivity contribution in [3.63, 3.8) is 0 Å². The molecule has 146 valence electrons. The molecule has 7 heteroatoms. The zero-order valence-corrected chi connectivity index (χ0v) is 16.4. The first-order chi connectivity index (χ1) is 13.0. The third-order valence-electron chi connectivity index (χ3n) is 4.73. The number of benzene rings is 1. The van der Waals surface area contributed by atoms with Gasteiger partial charge in [-0.3, -0.25) is 14.6 Å². The van der Waals surface area contributed by atoms with Crippen molar-refractivity contribution >= 4 is 5.91 Å². The normalized spacial score (nSPS) is 16.0. The second kappa shape index (κ2) is 9.10. The molecule has 1 aromatic carbocycles. The molecule has 0 atom stereocenters. The van der Waals surface area contributed by atoms with Gasteiger partial charge < -0.3 is 9.84 Å². The summed E-state index contributed by atoms with van der Waals surface area (Å²) in [5, 5.41) is 7.05. The Morgan fingerprint density at radius 2 is 1.81 bits per heavy atom. The Balaban J connectivity index is 1.48. The Hall–Kier alpha value is -2.25. The van der Waals surface area contributed by atoms with E-state index in [0.717, 1.165) is 38.2 Å². The number of amides is 1. The second-order valence-corrected chi connectivity index (χ2v) is 7.34. The fraction of sp³-hybridized carbons (Fsp3) is 0.550. The van der Waals surface area contributed by atoms with Gasteiger partial charge in [0.2, 0.25) is 17.6 Å². The Morgan fingerprint density at radius 1 is 1.15 bits per heavy atom. The van der Waals surface area contributed by atoms with Gasteiger partial charge >= 0.3 is 0 Å². The van der Waals surface area contributed by atoms with Gasteiger partial charge in [-0.15, -0.1) is 0 Å². The van der Waals surface area contributed by atoms with Crippen molar-refractivity contribution in [2.45, 2.75) is 39.8 Å². The van der Waals surface area contributed by atoms with E-state index in [1.54, 1.807) is 0 Å². The highest BCUT2D eigenvalue weighted by Gasteiger charge is 2.21. The minimum absolute atomic E-state index is 0.0917. The molecule has 1 amide bonds. The maximum Gasteiger partial charge on any atom is 0.241 e. The molecule has 0 radical (unpaired) electrons. The van der Waals surface area contributed by atoms with Gasteiger partial charge in [0.15, 0.2) is 0 Å². The van der Waals surface area contributed by atoms with E-state index in [1.807, 2.05) is 26.0 Å². The third-order valence-corrected chi connectivity index (χ3v) is 4.73. The molecule has 27 heavy (non-hydrogen) atoms. The molecule has 1 N–H and O–H groups in total. The highest BCUT2D eigenvalue weighted by Crippen LogP contribution is 2.17. The van der Waals surface area contributed by atoms with Crippen molar-refractivity contribution in [2.75, 3.05) is 32.7 Å². The molecular weight excluding hydrogens is 342 g/mol. The summed E-state index contributed by atoms with van der Waals surface area (Å²) in [6.45, 7) is 10.7. The summed E-state index contributed by atoms with van der Waals surface area (Å²) >= 11 is 0. The molecule has 0 aliphatic carbocycles. The van der Waals surface area contributed by atoms with E-state index >= 15 is 0 Å². The predicted molar refractivity (Wildman–Crippen MR) is 104 cm³/mol. The van der Waals surface area contributed by atoms with Crippen LogP contribution in [0.2, 0.25) is 0 Å². The Kier molecular flexibility index (Phi) is 6.58. The summed E-state index contributed by atoms with van der Waals surface area (Å²) in [6, 6.07) is 8.45. The van der Waals surface area contributed by atoms with Crippen molar-refractivity contribution in [2.24, 2.45) is 0 Å². The van der Waals surface area contributed by atoms with E-state index < -0.39 is 0 Å². The number of piperazine rings is 1. The number of hydrogen-bond donors (Lipinski definition) is 1. The van der Waals surface area contributed by atoms with Gasteiger partial charge in [0.05, 0.1) is 13.1 Å². The van der Waals surface area contributed by atoms with Crippen molar-refractivity contribution in [1.29, 1.82) is 0 Å². The number of carbonyl (C=O) groups excluding carboxylic acids is 1. The number of hydrogen-bond acceptors (Lipinski definition) is 6. The summed E-state index contributed by atoms with van der Waals surface area (Å²) in [7, 11) is 0. The topological polar surface area (TPSA) is 74.5 Å². The minimum atomic E-state index is 0.0917. The number of aryl methyl sites for hydroxylation is 1. The lowest BCUT2D eigenvalue weighted by Crippen LogP contribution is -2.49. The molecule has 0 bridgehead atoms. The van der Waals surface area contributed by atoms with Gasteiger partial charge in [0.1, 0.15) is 0 Å². The molecule has 0 spiro atoms. The van der Waals surface area contributed by atoms with E-state index in [4.69, 9.17) is 4.52 Å². The van der Waals surface area contributed by atoms with Crippen molar-refractivity contribution in [1.82, 2.24) is 25.3 Å². The Morgan fingerprint density at radius 3 is 2.44 bits per heavy atom. The van der Waals surface area contributed by atoms with Gasteiger partial charge in [0, 0.05) is 37.8 Å². The van der Waals surface area contributed by atoms with E-state index in [0.29, 0.717) is 24.8 Å². The summed E-state index contributed by atoms with van der Waals surface area (Å²) in [4.78, 5) is 20.9. The summed E-state index contributed by atoms with van der Waals surface area (Å²) < 4.78 is 5.43. The Bertz CT molecular complexity index is 733. The molecule has 1 aliphatic rings. The average Bonchev–Trinajstić information content (AvgIpc) is 3.11. The Labute approximate surface area is 160 Å². The van der Waals surface area contributed by atoms with Crippen LogP contribution in [0.1, 0.15) is 32.2 Å². The molecule has 0 saturated carbocycles. The highest BCUT2D eigenvalue weighted by molar-refractivity contribution is 5.78. The molecular formula is C20H29N5O2. The second-order valence-electron chi connectivity index (χ2n) is 7.34. The van der Waals surface area contributed by atoms with Crippen LogP contribution in [0.5, 0.6) is 0 Å². The van der Waals surface area contributed by atoms with Crippen LogP contribution in [0.25, 0.3) is 11.4 Å². The van der Waals surface area contributed by atoms with Gasteiger partial charge in [-0.25, -0.2) is 0 Å². The maximum atomic E-state index is 11.9. The zero-order chi connectivity index (χ0) is 19.2. The molecule has 7 nitrogen and oxygen atoms in total. The standard InChI is InChI=1S/C20H29N5O2/c1-4-16-5-7-17(8-6-16)20-22-19(27-23-20)14-25-11-9-24(10-12-25)13-18(26)21-15(2)3/h5-8,15H,4,9-14H2,1-3H3,(H,21,26). The number of nitrogens with one attached hydrogen (secondary N) is 1. The van der Waals surface area contributed by atoms with Crippen LogP contribution in [-0.2, 0) is 17.8 Å². The minimum Gasteiger partial charge on any atom is -0.353 e. The molecule has 1 aliphatic heterocycles. The van der Waals surface area contributed by atoms with Crippen molar-refractivity contribution < 1.29 is 9.32 Å². The van der Waals surface area contributed by atoms with Crippen LogP contribution in [-0.4, -0.2) is 64.6 Å². The maximum absolute atomic E-state index is 11.9. The monoisotopic (exact) mass is 371 g/mol. The molecule has 2 aromatic rings. The molecule has 2 heterocycles. The largest absolute Gasteiger partial charge is 0.353 e. The summed E-state index contributed by atoms with van der Waals surface area (Å²) in [5.74, 6) is 1.36. The number of nitrogens with zero attached hydrogens (tertiary/aromatic N) is 4. The first kappa shape index (κ1) is 19.5. The van der Waals surface area contributed by atoms with E-state index in [2.05, 4.69) is 44.3 Å². The lowest BCUT2D eigenvalue weighted by atomic mass is 10.1. The third kappa shape index (κ3) is 5.61. The number of rotatable bonds is 7. The van der Waals surface area contributed by atoms with Gasteiger partial charge in [0.25, 0.3) is 0 Å². The van der Waals surface area contributed by atoms with Crippen molar-refractivity contribution in [3.8, 4) is 11.4 Å². The van der Waals surface area contributed by atoms with E-state index in [1.165, 1.54) is 5.56 Å². The van der Waals surface area contributed by atoms with Gasteiger partial charge in [-0.1, -0.05) is 36.3 Å². The number of carbonyl (C=O) groups is 1. The van der Waals surface area contributed by atoms with Crippen LogP contribution in [0, 0.1) is 0 Å². The molecule has 1 saturated heterocycles. The SMILES string of the molecule is CCc1ccc(-c2noc(CN3CCN(CC(=O)NC(C)C)CC3)n2)cc1.